The van der Waals surface area contributed by atoms with E-state index in [1.54, 1.807) is 11.8 Å². The van der Waals surface area contributed by atoms with Gasteiger partial charge in [-0.2, -0.15) is 0 Å². The Morgan fingerprint density at radius 2 is 1.85 bits per heavy atom. The van der Waals surface area contributed by atoms with Crippen molar-refractivity contribution in [1.82, 2.24) is 10.2 Å². The summed E-state index contributed by atoms with van der Waals surface area (Å²) in [5.74, 6) is 0.833. The standard InChI is InChI=1S/C21H25ClN2O2S/c22-19-4-6-20(7-5-19)27-13-8-21(25)23-15-17-2-1-3-18(14-17)16-24-9-11-26-12-10-24/h1-7,14H,8-13,15-16H2,(H,23,25). The third-order valence-electron chi connectivity index (χ3n) is 4.40. The maximum atomic E-state index is 12.1. The Hall–Kier alpha value is -1.53. The Balaban J connectivity index is 1.39. The van der Waals surface area contributed by atoms with E-state index in [1.165, 1.54) is 5.56 Å². The van der Waals surface area contributed by atoms with Gasteiger partial charge in [-0.25, -0.2) is 0 Å². The van der Waals surface area contributed by atoms with Crippen molar-refractivity contribution in [1.29, 1.82) is 0 Å². The van der Waals surface area contributed by atoms with Crippen LogP contribution in [0.3, 0.4) is 0 Å². The molecule has 1 aliphatic heterocycles. The Morgan fingerprint density at radius 3 is 2.63 bits per heavy atom. The summed E-state index contributed by atoms with van der Waals surface area (Å²) in [5, 5.41) is 3.75. The molecule has 2 aromatic rings. The Labute approximate surface area is 170 Å². The van der Waals surface area contributed by atoms with Gasteiger partial charge in [-0.15, -0.1) is 11.8 Å². The molecular formula is C21H25ClN2O2S. The summed E-state index contributed by atoms with van der Waals surface area (Å²) in [4.78, 5) is 15.6. The number of ether oxygens (including phenoxy) is 1. The van der Waals surface area contributed by atoms with Gasteiger partial charge in [0.2, 0.25) is 5.91 Å². The third kappa shape index (κ3) is 7.18. The van der Waals surface area contributed by atoms with Crippen molar-refractivity contribution in [2.24, 2.45) is 0 Å². The highest BCUT2D eigenvalue weighted by Gasteiger charge is 2.11. The lowest BCUT2D eigenvalue weighted by Gasteiger charge is -2.26. The number of carbonyl (C=O) groups is 1. The van der Waals surface area contributed by atoms with E-state index in [9.17, 15) is 4.79 Å². The number of morpholine rings is 1. The Kier molecular flexibility index (Phi) is 8.02. The van der Waals surface area contributed by atoms with Gasteiger partial charge < -0.3 is 10.1 Å². The van der Waals surface area contributed by atoms with Gasteiger partial charge in [0.05, 0.1) is 13.2 Å². The molecule has 144 valence electrons. The highest BCUT2D eigenvalue weighted by atomic mass is 35.5. The Bertz CT molecular complexity index is 733. The molecule has 0 radical (unpaired) electrons. The Morgan fingerprint density at radius 1 is 1.11 bits per heavy atom. The number of amides is 1. The topological polar surface area (TPSA) is 41.6 Å². The number of rotatable bonds is 8. The highest BCUT2D eigenvalue weighted by molar-refractivity contribution is 7.99. The second-order valence-electron chi connectivity index (χ2n) is 6.54. The van der Waals surface area contributed by atoms with Gasteiger partial charge in [-0.1, -0.05) is 35.9 Å². The van der Waals surface area contributed by atoms with Crippen LogP contribution in [0.25, 0.3) is 0 Å². The van der Waals surface area contributed by atoms with Crippen LogP contribution in [0, 0.1) is 0 Å². The number of nitrogens with zero attached hydrogens (tertiary/aromatic N) is 1. The molecule has 4 nitrogen and oxygen atoms in total. The highest BCUT2D eigenvalue weighted by Crippen LogP contribution is 2.20. The maximum absolute atomic E-state index is 12.1. The van der Waals surface area contributed by atoms with Crippen LogP contribution in [0.15, 0.2) is 53.4 Å². The summed E-state index contributed by atoms with van der Waals surface area (Å²) in [5.41, 5.74) is 2.42. The van der Waals surface area contributed by atoms with E-state index in [0.29, 0.717) is 13.0 Å². The van der Waals surface area contributed by atoms with E-state index in [2.05, 4.69) is 34.5 Å². The van der Waals surface area contributed by atoms with Crippen molar-refractivity contribution < 1.29 is 9.53 Å². The number of halogens is 1. The molecule has 0 saturated carbocycles. The molecule has 0 aliphatic carbocycles. The van der Waals surface area contributed by atoms with Gasteiger partial charge in [0.25, 0.3) is 0 Å². The van der Waals surface area contributed by atoms with Gasteiger partial charge >= 0.3 is 0 Å². The molecule has 1 fully saturated rings. The quantitative estimate of drug-likeness (QED) is 0.676. The lowest BCUT2D eigenvalue weighted by Crippen LogP contribution is -2.35. The SMILES string of the molecule is O=C(CCSc1ccc(Cl)cc1)NCc1cccc(CN2CCOCC2)c1. The van der Waals surface area contributed by atoms with Crippen molar-refractivity contribution in [3.8, 4) is 0 Å². The fourth-order valence-corrected chi connectivity index (χ4v) is 3.91. The minimum atomic E-state index is 0.0787. The summed E-state index contributed by atoms with van der Waals surface area (Å²) in [6, 6.07) is 16.1. The predicted octanol–water partition coefficient (Wildman–Crippen LogP) is 3.97. The number of benzene rings is 2. The van der Waals surface area contributed by atoms with Crippen molar-refractivity contribution in [3.05, 3.63) is 64.7 Å². The molecule has 0 bridgehead atoms. The molecule has 27 heavy (non-hydrogen) atoms. The minimum Gasteiger partial charge on any atom is -0.379 e. The monoisotopic (exact) mass is 404 g/mol. The molecule has 1 heterocycles. The lowest BCUT2D eigenvalue weighted by molar-refractivity contribution is -0.120. The molecule has 0 unspecified atom stereocenters. The second kappa shape index (κ2) is 10.7. The molecular weight excluding hydrogens is 380 g/mol. The first-order valence-electron chi connectivity index (χ1n) is 9.22. The number of hydrogen-bond acceptors (Lipinski definition) is 4. The minimum absolute atomic E-state index is 0.0787. The van der Waals surface area contributed by atoms with Gasteiger partial charge in [0.15, 0.2) is 0 Å². The number of hydrogen-bond donors (Lipinski definition) is 1. The molecule has 0 aromatic heterocycles. The van der Waals surface area contributed by atoms with E-state index in [0.717, 1.165) is 54.1 Å². The number of thioether (sulfide) groups is 1. The van der Waals surface area contributed by atoms with Gasteiger partial charge in [0, 0.05) is 48.3 Å². The third-order valence-corrected chi connectivity index (χ3v) is 5.67. The van der Waals surface area contributed by atoms with Crippen molar-refractivity contribution in [3.63, 3.8) is 0 Å². The van der Waals surface area contributed by atoms with Crippen molar-refractivity contribution >= 4 is 29.3 Å². The van der Waals surface area contributed by atoms with E-state index in [1.807, 2.05) is 24.3 Å². The predicted molar refractivity (Wildman–Crippen MR) is 111 cm³/mol. The van der Waals surface area contributed by atoms with Gasteiger partial charge in [-0.05, 0) is 35.4 Å². The number of nitrogens with one attached hydrogen (secondary N) is 1. The van der Waals surface area contributed by atoms with E-state index >= 15 is 0 Å². The molecule has 0 atom stereocenters. The van der Waals surface area contributed by atoms with Crippen LogP contribution in [0.1, 0.15) is 17.5 Å². The van der Waals surface area contributed by atoms with Crippen LogP contribution in [-0.4, -0.2) is 42.9 Å². The first-order chi connectivity index (χ1) is 13.2. The lowest BCUT2D eigenvalue weighted by atomic mass is 10.1. The van der Waals surface area contributed by atoms with Crippen LogP contribution in [0.5, 0.6) is 0 Å². The van der Waals surface area contributed by atoms with Crippen LogP contribution in [-0.2, 0) is 22.6 Å². The van der Waals surface area contributed by atoms with Crippen molar-refractivity contribution in [2.45, 2.75) is 24.4 Å². The summed E-state index contributed by atoms with van der Waals surface area (Å²) in [7, 11) is 0. The van der Waals surface area contributed by atoms with Crippen LogP contribution < -0.4 is 5.32 Å². The fraction of sp³-hybridized carbons (Fsp3) is 0.381. The smallest absolute Gasteiger partial charge is 0.221 e. The average molecular weight is 405 g/mol. The summed E-state index contributed by atoms with van der Waals surface area (Å²) in [6.07, 6.45) is 0.501. The molecule has 6 heteroatoms. The molecule has 3 rings (SSSR count). The molecule has 1 aliphatic rings. The van der Waals surface area contributed by atoms with Crippen LogP contribution >= 0.6 is 23.4 Å². The largest absolute Gasteiger partial charge is 0.379 e. The molecule has 2 aromatic carbocycles. The molecule has 1 saturated heterocycles. The summed E-state index contributed by atoms with van der Waals surface area (Å²) < 4.78 is 5.39. The van der Waals surface area contributed by atoms with Gasteiger partial charge in [-0.3, -0.25) is 9.69 Å². The molecule has 1 N–H and O–H groups in total. The summed E-state index contributed by atoms with van der Waals surface area (Å²) in [6.45, 7) is 5.08. The second-order valence-corrected chi connectivity index (χ2v) is 8.14. The van der Waals surface area contributed by atoms with Crippen LogP contribution in [0.2, 0.25) is 5.02 Å². The summed E-state index contributed by atoms with van der Waals surface area (Å²) >= 11 is 7.55. The van der Waals surface area contributed by atoms with Crippen molar-refractivity contribution in [2.75, 3.05) is 32.1 Å². The van der Waals surface area contributed by atoms with Gasteiger partial charge in [0.1, 0.15) is 0 Å². The van der Waals surface area contributed by atoms with E-state index < -0.39 is 0 Å². The molecule has 1 amide bonds. The zero-order chi connectivity index (χ0) is 18.9. The van der Waals surface area contributed by atoms with E-state index in [4.69, 9.17) is 16.3 Å². The maximum Gasteiger partial charge on any atom is 0.221 e. The number of carbonyl (C=O) groups excluding carboxylic acids is 1. The molecule has 0 spiro atoms. The zero-order valence-electron chi connectivity index (χ0n) is 15.3. The van der Waals surface area contributed by atoms with Crippen LogP contribution in [0.4, 0.5) is 0 Å². The normalized spacial score (nSPS) is 14.9. The zero-order valence-corrected chi connectivity index (χ0v) is 16.9. The first-order valence-corrected chi connectivity index (χ1v) is 10.6. The fourth-order valence-electron chi connectivity index (χ4n) is 2.94. The average Bonchev–Trinajstić information content (AvgIpc) is 2.69. The van der Waals surface area contributed by atoms with E-state index in [-0.39, 0.29) is 5.91 Å². The first kappa shape index (κ1) is 20.2.